The van der Waals surface area contributed by atoms with Crippen LogP contribution in [0.15, 0.2) is 40.8 Å². The number of hydrogen-bond acceptors (Lipinski definition) is 3. The number of hydrogen-bond donors (Lipinski definition) is 1. The van der Waals surface area contributed by atoms with E-state index in [2.05, 4.69) is 24.1 Å². The Morgan fingerprint density at radius 2 is 2.11 bits per heavy atom. The van der Waals surface area contributed by atoms with Crippen LogP contribution in [-0.2, 0) is 11.2 Å². The molecule has 1 aromatic heterocycles. The van der Waals surface area contributed by atoms with Crippen molar-refractivity contribution in [3.63, 3.8) is 0 Å². The van der Waals surface area contributed by atoms with Gasteiger partial charge in [-0.15, -0.1) is 0 Å². The molecule has 27 heavy (non-hydrogen) atoms. The Bertz CT molecular complexity index is 756. The third-order valence-electron chi connectivity index (χ3n) is 5.27. The van der Waals surface area contributed by atoms with Crippen LogP contribution in [-0.4, -0.2) is 36.5 Å². The fourth-order valence-electron chi connectivity index (χ4n) is 3.63. The van der Waals surface area contributed by atoms with E-state index in [9.17, 15) is 9.18 Å². The predicted octanol–water partition coefficient (Wildman–Crippen LogP) is 4.25. The van der Waals surface area contributed by atoms with Crippen molar-refractivity contribution in [2.75, 3.05) is 19.6 Å². The van der Waals surface area contributed by atoms with E-state index >= 15 is 0 Å². The molecule has 146 valence electrons. The summed E-state index contributed by atoms with van der Waals surface area (Å²) in [5.74, 6) is 1.47. The number of rotatable bonds is 7. The molecule has 0 radical (unpaired) electrons. The summed E-state index contributed by atoms with van der Waals surface area (Å²) in [5.41, 5.74) is 0.445. The molecule has 0 spiro atoms. The van der Waals surface area contributed by atoms with Gasteiger partial charge in [0.1, 0.15) is 17.3 Å². The molecule has 1 saturated heterocycles. The SMILES string of the molecule is CC(C)N1CCCC(CNC(=O)CCc2ccc(-c3ccccc3F)o2)C1. The first-order chi connectivity index (χ1) is 13.0. The molecular formula is C22H29FN2O2. The lowest BCUT2D eigenvalue weighted by molar-refractivity contribution is -0.121. The number of carbonyl (C=O) groups is 1. The van der Waals surface area contributed by atoms with Crippen LogP contribution in [0.25, 0.3) is 11.3 Å². The lowest BCUT2D eigenvalue weighted by Gasteiger charge is -2.35. The largest absolute Gasteiger partial charge is 0.461 e. The van der Waals surface area contributed by atoms with Gasteiger partial charge in [0.25, 0.3) is 0 Å². The van der Waals surface area contributed by atoms with E-state index in [1.54, 1.807) is 24.3 Å². The summed E-state index contributed by atoms with van der Waals surface area (Å²) in [5, 5.41) is 3.06. The second kappa shape index (κ2) is 9.18. The molecule has 0 bridgehead atoms. The summed E-state index contributed by atoms with van der Waals surface area (Å²) in [7, 11) is 0. The van der Waals surface area contributed by atoms with Crippen molar-refractivity contribution in [3.05, 3.63) is 48.0 Å². The van der Waals surface area contributed by atoms with E-state index in [1.807, 2.05) is 6.07 Å². The van der Waals surface area contributed by atoms with Crippen LogP contribution in [0, 0.1) is 11.7 Å². The van der Waals surface area contributed by atoms with Gasteiger partial charge in [0.2, 0.25) is 5.91 Å². The highest BCUT2D eigenvalue weighted by Crippen LogP contribution is 2.25. The fraction of sp³-hybridized carbons (Fsp3) is 0.500. The van der Waals surface area contributed by atoms with E-state index in [-0.39, 0.29) is 11.7 Å². The van der Waals surface area contributed by atoms with Gasteiger partial charge in [-0.2, -0.15) is 0 Å². The van der Waals surface area contributed by atoms with Crippen LogP contribution in [0.1, 0.15) is 38.9 Å². The molecule has 2 aromatic rings. The van der Waals surface area contributed by atoms with Crippen molar-refractivity contribution in [1.82, 2.24) is 10.2 Å². The maximum Gasteiger partial charge on any atom is 0.220 e. The second-order valence-electron chi connectivity index (χ2n) is 7.65. The summed E-state index contributed by atoms with van der Waals surface area (Å²) >= 11 is 0. The summed E-state index contributed by atoms with van der Waals surface area (Å²) < 4.78 is 19.5. The highest BCUT2D eigenvalue weighted by Gasteiger charge is 2.22. The van der Waals surface area contributed by atoms with E-state index < -0.39 is 0 Å². The van der Waals surface area contributed by atoms with Crippen molar-refractivity contribution in [2.45, 2.75) is 45.6 Å². The molecule has 1 fully saturated rings. The summed E-state index contributed by atoms with van der Waals surface area (Å²) in [4.78, 5) is 14.7. The molecule has 1 atom stereocenters. The number of aryl methyl sites for hydroxylation is 1. The Labute approximate surface area is 160 Å². The van der Waals surface area contributed by atoms with Gasteiger partial charge in [-0.1, -0.05) is 12.1 Å². The molecule has 1 N–H and O–H groups in total. The van der Waals surface area contributed by atoms with Gasteiger partial charge < -0.3 is 14.6 Å². The Morgan fingerprint density at radius 1 is 1.30 bits per heavy atom. The quantitative estimate of drug-likeness (QED) is 0.790. The second-order valence-corrected chi connectivity index (χ2v) is 7.65. The van der Waals surface area contributed by atoms with Gasteiger partial charge in [-0.25, -0.2) is 4.39 Å². The van der Waals surface area contributed by atoms with E-state index in [4.69, 9.17) is 4.42 Å². The third kappa shape index (κ3) is 5.42. The highest BCUT2D eigenvalue weighted by atomic mass is 19.1. The highest BCUT2D eigenvalue weighted by molar-refractivity contribution is 5.76. The summed E-state index contributed by atoms with van der Waals surface area (Å²) in [6, 6.07) is 10.7. The minimum Gasteiger partial charge on any atom is -0.461 e. The lowest BCUT2D eigenvalue weighted by Crippen LogP contribution is -2.43. The Kier molecular flexibility index (Phi) is 6.67. The smallest absolute Gasteiger partial charge is 0.220 e. The topological polar surface area (TPSA) is 45.5 Å². The number of nitrogens with one attached hydrogen (secondary N) is 1. The number of likely N-dealkylation sites (tertiary alicyclic amines) is 1. The van der Waals surface area contributed by atoms with Crippen molar-refractivity contribution in [1.29, 1.82) is 0 Å². The molecule has 1 aromatic carbocycles. The maximum absolute atomic E-state index is 13.8. The van der Waals surface area contributed by atoms with Crippen molar-refractivity contribution in [3.8, 4) is 11.3 Å². The van der Waals surface area contributed by atoms with Gasteiger partial charge in [0, 0.05) is 32.0 Å². The number of nitrogens with zero attached hydrogens (tertiary/aromatic N) is 1. The van der Waals surface area contributed by atoms with Crippen molar-refractivity contribution < 1.29 is 13.6 Å². The number of benzene rings is 1. The van der Waals surface area contributed by atoms with Gasteiger partial charge in [-0.05, 0) is 63.4 Å². The first-order valence-corrected chi connectivity index (χ1v) is 9.87. The first-order valence-electron chi connectivity index (χ1n) is 9.87. The number of furan rings is 1. The van der Waals surface area contributed by atoms with Crippen molar-refractivity contribution in [2.24, 2.45) is 5.92 Å². The molecule has 4 nitrogen and oxygen atoms in total. The average Bonchev–Trinajstić information content (AvgIpc) is 3.14. The van der Waals surface area contributed by atoms with Crippen LogP contribution in [0.4, 0.5) is 4.39 Å². The molecule has 3 rings (SSSR count). The minimum absolute atomic E-state index is 0.0421. The zero-order chi connectivity index (χ0) is 19.2. The Hall–Kier alpha value is -2.14. The van der Waals surface area contributed by atoms with E-state index in [0.717, 1.165) is 19.6 Å². The molecule has 0 aliphatic carbocycles. The fourth-order valence-corrected chi connectivity index (χ4v) is 3.63. The number of halogens is 1. The molecule has 0 saturated carbocycles. The van der Waals surface area contributed by atoms with Crippen LogP contribution in [0.2, 0.25) is 0 Å². The molecule has 2 heterocycles. The normalized spacial score (nSPS) is 18.0. The first kappa shape index (κ1) is 19.6. The zero-order valence-electron chi connectivity index (χ0n) is 16.2. The van der Waals surface area contributed by atoms with Gasteiger partial charge in [0.05, 0.1) is 5.56 Å². The standard InChI is InChI=1S/C22H29FN2O2/c1-16(2)25-13-5-6-17(15-25)14-24-22(26)12-10-18-9-11-21(27-18)19-7-3-4-8-20(19)23/h3-4,7-9,11,16-17H,5-6,10,12-15H2,1-2H3,(H,24,26). The number of carbonyl (C=O) groups excluding carboxylic acids is 1. The monoisotopic (exact) mass is 372 g/mol. The lowest BCUT2D eigenvalue weighted by atomic mass is 9.97. The Balaban J connectivity index is 1.44. The minimum atomic E-state index is -0.306. The Morgan fingerprint density at radius 3 is 2.89 bits per heavy atom. The predicted molar refractivity (Wildman–Crippen MR) is 105 cm³/mol. The maximum atomic E-state index is 13.8. The van der Waals surface area contributed by atoms with Crippen LogP contribution in [0.3, 0.4) is 0 Å². The third-order valence-corrected chi connectivity index (χ3v) is 5.27. The molecule has 1 aliphatic heterocycles. The van der Waals surface area contributed by atoms with Gasteiger partial charge in [0.15, 0.2) is 0 Å². The molecule has 5 heteroatoms. The number of piperidine rings is 1. The van der Waals surface area contributed by atoms with Crippen LogP contribution < -0.4 is 5.32 Å². The molecule has 1 aliphatic rings. The van der Waals surface area contributed by atoms with Gasteiger partial charge >= 0.3 is 0 Å². The van der Waals surface area contributed by atoms with Crippen LogP contribution in [0.5, 0.6) is 0 Å². The van der Waals surface area contributed by atoms with E-state index in [0.29, 0.717) is 41.9 Å². The molecule has 1 unspecified atom stereocenters. The zero-order valence-corrected chi connectivity index (χ0v) is 16.2. The summed E-state index contributed by atoms with van der Waals surface area (Å²) in [6.07, 6.45) is 3.27. The van der Waals surface area contributed by atoms with Crippen LogP contribution >= 0.6 is 0 Å². The molecular weight excluding hydrogens is 343 g/mol. The van der Waals surface area contributed by atoms with E-state index in [1.165, 1.54) is 18.9 Å². The number of amides is 1. The summed E-state index contributed by atoms with van der Waals surface area (Å²) in [6.45, 7) is 7.40. The average molecular weight is 372 g/mol. The van der Waals surface area contributed by atoms with Gasteiger partial charge in [-0.3, -0.25) is 4.79 Å². The van der Waals surface area contributed by atoms with Crippen molar-refractivity contribution >= 4 is 5.91 Å². The molecule has 1 amide bonds.